The number of ether oxygens (including phenoxy) is 1. The zero-order valence-electron chi connectivity index (χ0n) is 15.9. The van der Waals surface area contributed by atoms with E-state index in [0.717, 1.165) is 33.6 Å². The third-order valence-electron chi connectivity index (χ3n) is 4.92. The van der Waals surface area contributed by atoms with E-state index in [4.69, 9.17) is 4.74 Å². The first-order valence-corrected chi connectivity index (χ1v) is 10.1. The van der Waals surface area contributed by atoms with E-state index in [-0.39, 0.29) is 5.97 Å². The summed E-state index contributed by atoms with van der Waals surface area (Å²) in [7, 11) is 1.43. The summed E-state index contributed by atoms with van der Waals surface area (Å²) in [6.07, 6.45) is 0. The molecule has 3 aromatic carbocycles. The van der Waals surface area contributed by atoms with Crippen LogP contribution in [0.25, 0.3) is 22.3 Å². The molecule has 4 heteroatoms. The number of benzene rings is 3. The molecule has 1 aliphatic rings. The number of para-hydroxylation sites is 1. The van der Waals surface area contributed by atoms with Gasteiger partial charge in [0.25, 0.3) is 0 Å². The minimum absolute atomic E-state index is 0.275. The maximum atomic E-state index is 12.2. The van der Waals surface area contributed by atoms with Crippen LogP contribution in [0.3, 0.4) is 0 Å². The Morgan fingerprint density at radius 2 is 1.39 bits per heavy atom. The van der Waals surface area contributed by atoms with Gasteiger partial charge in [-0.3, -0.25) is 0 Å². The number of rotatable bonds is 4. The molecule has 3 nitrogen and oxygen atoms in total. The van der Waals surface area contributed by atoms with E-state index >= 15 is 0 Å². The fourth-order valence-electron chi connectivity index (χ4n) is 3.52. The molecule has 0 amide bonds. The Kier molecular flexibility index (Phi) is 5.22. The third kappa shape index (κ3) is 3.32. The predicted molar refractivity (Wildman–Crippen MR) is 117 cm³/mol. The van der Waals surface area contributed by atoms with Gasteiger partial charge in [0.15, 0.2) is 0 Å². The van der Waals surface area contributed by atoms with E-state index < -0.39 is 0 Å². The molecule has 4 rings (SSSR count). The predicted octanol–water partition coefficient (Wildman–Crippen LogP) is 5.94. The van der Waals surface area contributed by atoms with Gasteiger partial charge in [-0.25, -0.2) is 4.79 Å². The summed E-state index contributed by atoms with van der Waals surface area (Å²) in [5, 5.41) is 0. The Morgan fingerprint density at radius 3 is 1.89 bits per heavy atom. The molecule has 140 valence electrons. The average Bonchev–Trinajstić information content (AvgIpc) is 3.15. The van der Waals surface area contributed by atoms with Crippen LogP contribution in [0.2, 0.25) is 0 Å². The standard InChI is InChI=1S/C24H21NO2S/c1-17-23(24(26)27-2)28-16-25(17)22-20(18-10-5-3-6-11-18)14-9-15-21(22)19-12-7-4-8-13-19/h3-15H,16H2,1-2H3. The van der Waals surface area contributed by atoms with Gasteiger partial charge in [-0.05, 0) is 18.1 Å². The number of esters is 1. The van der Waals surface area contributed by atoms with Crippen LogP contribution in [-0.4, -0.2) is 19.0 Å². The van der Waals surface area contributed by atoms with E-state index in [1.165, 1.54) is 18.9 Å². The molecule has 0 saturated heterocycles. The zero-order valence-corrected chi connectivity index (χ0v) is 16.7. The quantitative estimate of drug-likeness (QED) is 0.519. The van der Waals surface area contributed by atoms with Crippen molar-refractivity contribution in [2.45, 2.75) is 6.92 Å². The highest BCUT2D eigenvalue weighted by atomic mass is 32.2. The number of allylic oxidation sites excluding steroid dienone is 1. The Labute approximate surface area is 169 Å². The molecule has 0 aliphatic carbocycles. The van der Waals surface area contributed by atoms with Crippen LogP contribution in [0.5, 0.6) is 0 Å². The van der Waals surface area contributed by atoms with Crippen LogP contribution in [0.15, 0.2) is 89.5 Å². The smallest absolute Gasteiger partial charge is 0.346 e. The maximum Gasteiger partial charge on any atom is 0.346 e. The highest BCUT2D eigenvalue weighted by molar-refractivity contribution is 8.04. The molecule has 0 aromatic heterocycles. The lowest BCUT2D eigenvalue weighted by atomic mass is 9.95. The lowest BCUT2D eigenvalue weighted by Gasteiger charge is -2.26. The Balaban J connectivity index is 1.94. The fourth-order valence-corrected chi connectivity index (χ4v) is 4.62. The molecule has 0 bridgehead atoms. The van der Waals surface area contributed by atoms with Gasteiger partial charge in [-0.2, -0.15) is 0 Å². The maximum absolute atomic E-state index is 12.2. The molecule has 0 saturated carbocycles. The van der Waals surface area contributed by atoms with Crippen LogP contribution >= 0.6 is 11.8 Å². The molecule has 0 atom stereocenters. The van der Waals surface area contributed by atoms with Crippen molar-refractivity contribution in [3.8, 4) is 22.3 Å². The molecule has 0 fully saturated rings. The molecule has 0 radical (unpaired) electrons. The highest BCUT2D eigenvalue weighted by Gasteiger charge is 2.29. The first-order chi connectivity index (χ1) is 13.7. The first kappa shape index (κ1) is 18.4. The number of carbonyl (C=O) groups excluding carboxylic acids is 1. The van der Waals surface area contributed by atoms with Crippen LogP contribution in [0.4, 0.5) is 5.69 Å². The van der Waals surface area contributed by atoms with Crippen molar-refractivity contribution >= 4 is 23.4 Å². The molecular formula is C24H21NO2S. The number of carbonyl (C=O) groups is 1. The fraction of sp³-hybridized carbons (Fsp3) is 0.125. The minimum atomic E-state index is -0.275. The van der Waals surface area contributed by atoms with Gasteiger partial charge in [0.1, 0.15) is 4.91 Å². The Morgan fingerprint density at radius 1 is 0.857 bits per heavy atom. The zero-order chi connectivity index (χ0) is 19.5. The van der Waals surface area contributed by atoms with Crippen LogP contribution in [-0.2, 0) is 9.53 Å². The summed E-state index contributed by atoms with van der Waals surface area (Å²) in [4.78, 5) is 15.1. The highest BCUT2D eigenvalue weighted by Crippen LogP contribution is 2.45. The van der Waals surface area contributed by atoms with Gasteiger partial charge in [0, 0.05) is 16.8 Å². The summed E-state index contributed by atoms with van der Waals surface area (Å²) in [6.45, 7) is 1.99. The summed E-state index contributed by atoms with van der Waals surface area (Å²) >= 11 is 1.52. The molecule has 0 unspecified atom stereocenters. The van der Waals surface area contributed by atoms with Gasteiger partial charge in [0.05, 0.1) is 18.7 Å². The van der Waals surface area contributed by atoms with Crippen LogP contribution < -0.4 is 4.90 Å². The molecule has 1 heterocycles. The average molecular weight is 388 g/mol. The second-order valence-electron chi connectivity index (χ2n) is 6.54. The van der Waals surface area contributed by atoms with Crippen molar-refractivity contribution in [3.63, 3.8) is 0 Å². The van der Waals surface area contributed by atoms with E-state index in [1.807, 2.05) is 19.1 Å². The van der Waals surface area contributed by atoms with Gasteiger partial charge >= 0.3 is 5.97 Å². The topological polar surface area (TPSA) is 29.5 Å². The molecule has 1 aliphatic heterocycles. The number of methoxy groups -OCH3 is 1. The van der Waals surface area contributed by atoms with Gasteiger partial charge in [0.2, 0.25) is 0 Å². The van der Waals surface area contributed by atoms with Crippen molar-refractivity contribution in [1.82, 2.24) is 0 Å². The number of nitrogens with zero attached hydrogens (tertiary/aromatic N) is 1. The molecule has 0 N–H and O–H groups in total. The van der Waals surface area contributed by atoms with Gasteiger partial charge in [-0.1, -0.05) is 90.6 Å². The normalized spacial score (nSPS) is 13.7. The monoisotopic (exact) mass is 387 g/mol. The number of hydrogen-bond donors (Lipinski definition) is 0. The number of thioether (sulfide) groups is 1. The molecule has 28 heavy (non-hydrogen) atoms. The largest absolute Gasteiger partial charge is 0.465 e. The van der Waals surface area contributed by atoms with Crippen LogP contribution in [0, 0.1) is 0 Å². The van der Waals surface area contributed by atoms with Gasteiger partial charge in [-0.15, -0.1) is 0 Å². The van der Waals surface area contributed by atoms with E-state index in [2.05, 4.69) is 71.6 Å². The van der Waals surface area contributed by atoms with E-state index in [9.17, 15) is 4.79 Å². The van der Waals surface area contributed by atoms with E-state index in [1.54, 1.807) is 0 Å². The number of hydrogen-bond acceptors (Lipinski definition) is 4. The third-order valence-corrected chi connectivity index (χ3v) is 6.06. The SMILES string of the molecule is COC(=O)C1=C(C)N(c2c(-c3ccccc3)cccc2-c2ccccc2)CS1. The Hall–Kier alpha value is -2.98. The second-order valence-corrected chi connectivity index (χ2v) is 7.50. The molecule has 3 aromatic rings. The lowest BCUT2D eigenvalue weighted by Crippen LogP contribution is -2.18. The van der Waals surface area contributed by atoms with Crippen molar-refractivity contribution in [2.75, 3.05) is 17.9 Å². The summed E-state index contributed by atoms with van der Waals surface area (Å²) in [6, 6.07) is 27.1. The van der Waals surface area contributed by atoms with E-state index in [0.29, 0.717) is 10.8 Å². The molecular weight excluding hydrogens is 366 g/mol. The van der Waals surface area contributed by atoms with Gasteiger partial charge < -0.3 is 9.64 Å². The van der Waals surface area contributed by atoms with Crippen LogP contribution in [0.1, 0.15) is 6.92 Å². The van der Waals surface area contributed by atoms with Crippen molar-refractivity contribution in [1.29, 1.82) is 0 Å². The minimum Gasteiger partial charge on any atom is -0.465 e. The summed E-state index contributed by atoms with van der Waals surface area (Å²) < 4.78 is 4.97. The molecule has 0 spiro atoms. The first-order valence-electron chi connectivity index (χ1n) is 9.14. The van der Waals surface area contributed by atoms with Crippen molar-refractivity contribution in [2.24, 2.45) is 0 Å². The number of anilines is 1. The van der Waals surface area contributed by atoms with Crippen molar-refractivity contribution < 1.29 is 9.53 Å². The lowest BCUT2D eigenvalue weighted by molar-refractivity contribution is -0.135. The Bertz CT molecular complexity index is 971. The second kappa shape index (κ2) is 7.95. The van der Waals surface area contributed by atoms with Crippen molar-refractivity contribution in [3.05, 3.63) is 89.5 Å². The summed E-state index contributed by atoms with van der Waals surface area (Å²) in [5.41, 5.74) is 6.64. The summed E-state index contributed by atoms with van der Waals surface area (Å²) in [5.74, 6) is 0.406.